The number of ether oxygens (including phenoxy) is 1. The zero-order valence-corrected chi connectivity index (χ0v) is 18.0. The lowest BCUT2D eigenvalue weighted by Gasteiger charge is -2.30. The van der Waals surface area contributed by atoms with E-state index in [1.165, 1.54) is 0 Å². The number of amides is 4. The lowest BCUT2D eigenvalue weighted by atomic mass is 9.91. The van der Waals surface area contributed by atoms with E-state index in [0.717, 1.165) is 25.7 Å². The molecule has 4 amide bonds. The third-order valence-corrected chi connectivity index (χ3v) is 6.64. The molecule has 2 saturated heterocycles. The second-order valence-electron chi connectivity index (χ2n) is 8.82. The van der Waals surface area contributed by atoms with Crippen LogP contribution in [0.5, 0.6) is 0 Å². The van der Waals surface area contributed by atoms with Crippen LogP contribution in [0.15, 0.2) is 0 Å². The van der Waals surface area contributed by atoms with E-state index in [0.29, 0.717) is 62.8 Å². The molecule has 0 radical (unpaired) electrons. The molecule has 0 bridgehead atoms. The SMILES string of the molecule is O=CN(O)C[C@@H](CC1CCCC1)C(=O)N1CCC[C@H]1C(=O)NCNC(=O)C1CCOC1. The smallest absolute Gasteiger partial charge is 0.244 e. The standard InChI is InChI=1S/C21H34N4O6/c26-14-24(30)11-17(10-15-4-1-2-5-15)21(29)25-8-3-6-18(25)20(28)23-13-22-19(27)16-7-9-31-12-16/h14-18,30H,1-13H2,(H,22,27)(H,23,28)/t16?,17-,18+/m1/s1. The molecule has 10 nitrogen and oxygen atoms in total. The predicted molar refractivity (Wildman–Crippen MR) is 109 cm³/mol. The molecule has 0 aromatic rings. The van der Waals surface area contributed by atoms with Gasteiger partial charge in [-0.3, -0.25) is 24.4 Å². The van der Waals surface area contributed by atoms with Crippen LogP contribution in [-0.2, 0) is 23.9 Å². The average molecular weight is 439 g/mol. The first-order chi connectivity index (χ1) is 15.0. The number of rotatable bonds is 10. The number of hydrogen-bond acceptors (Lipinski definition) is 6. The van der Waals surface area contributed by atoms with E-state index < -0.39 is 12.0 Å². The van der Waals surface area contributed by atoms with E-state index >= 15 is 0 Å². The molecule has 0 aromatic heterocycles. The molecule has 1 unspecified atom stereocenters. The molecular weight excluding hydrogens is 404 g/mol. The predicted octanol–water partition coefficient (Wildman–Crippen LogP) is 0.248. The molecule has 0 aromatic carbocycles. The number of nitrogens with zero attached hydrogens (tertiary/aromatic N) is 2. The summed E-state index contributed by atoms with van der Waals surface area (Å²) in [6.45, 7) is 1.38. The maximum Gasteiger partial charge on any atom is 0.244 e. The van der Waals surface area contributed by atoms with Gasteiger partial charge in [-0.2, -0.15) is 0 Å². The highest BCUT2D eigenvalue weighted by atomic mass is 16.5. The molecule has 1 aliphatic carbocycles. The summed E-state index contributed by atoms with van der Waals surface area (Å²) >= 11 is 0. The first kappa shape index (κ1) is 23.5. The lowest BCUT2D eigenvalue weighted by Crippen LogP contribution is -2.51. The molecule has 31 heavy (non-hydrogen) atoms. The van der Waals surface area contributed by atoms with Gasteiger partial charge in [0.15, 0.2) is 0 Å². The van der Waals surface area contributed by atoms with E-state index in [1.807, 2.05) is 0 Å². The van der Waals surface area contributed by atoms with E-state index in [2.05, 4.69) is 10.6 Å². The van der Waals surface area contributed by atoms with E-state index in [4.69, 9.17) is 4.74 Å². The summed E-state index contributed by atoms with van der Waals surface area (Å²) in [4.78, 5) is 50.5. The quantitative estimate of drug-likeness (QED) is 0.194. The first-order valence-corrected chi connectivity index (χ1v) is 11.3. The summed E-state index contributed by atoms with van der Waals surface area (Å²) < 4.78 is 5.20. The van der Waals surface area contributed by atoms with E-state index in [9.17, 15) is 24.4 Å². The summed E-state index contributed by atoms with van der Waals surface area (Å²) in [5.41, 5.74) is 0. The number of carbonyl (C=O) groups is 4. The minimum absolute atomic E-state index is 0.00770. The molecule has 3 N–H and O–H groups in total. The van der Waals surface area contributed by atoms with Gasteiger partial charge >= 0.3 is 0 Å². The number of nitrogens with one attached hydrogen (secondary N) is 2. The van der Waals surface area contributed by atoms with Gasteiger partial charge in [0, 0.05) is 13.2 Å². The minimum atomic E-state index is -0.603. The van der Waals surface area contributed by atoms with E-state index in [1.54, 1.807) is 4.90 Å². The summed E-state index contributed by atoms with van der Waals surface area (Å²) in [6.07, 6.45) is 7.21. The monoisotopic (exact) mass is 438 g/mol. The minimum Gasteiger partial charge on any atom is -0.381 e. The number of carbonyl (C=O) groups excluding carboxylic acids is 4. The van der Waals surface area contributed by atoms with Crippen LogP contribution in [0.3, 0.4) is 0 Å². The fraction of sp³-hybridized carbons (Fsp3) is 0.810. The van der Waals surface area contributed by atoms with Gasteiger partial charge in [0.2, 0.25) is 24.1 Å². The fourth-order valence-electron chi connectivity index (χ4n) is 4.93. The van der Waals surface area contributed by atoms with Crippen molar-refractivity contribution in [2.24, 2.45) is 17.8 Å². The Hall–Kier alpha value is -2.20. The van der Waals surface area contributed by atoms with Crippen LogP contribution in [-0.4, -0.2) is 78.3 Å². The van der Waals surface area contributed by atoms with Crippen LogP contribution in [0.2, 0.25) is 0 Å². The molecule has 3 fully saturated rings. The Kier molecular flexibility index (Phi) is 8.65. The van der Waals surface area contributed by atoms with Crippen molar-refractivity contribution >= 4 is 24.1 Å². The van der Waals surface area contributed by atoms with Crippen LogP contribution in [0, 0.1) is 17.8 Å². The Morgan fingerprint density at radius 1 is 1.10 bits per heavy atom. The third kappa shape index (κ3) is 6.39. The summed E-state index contributed by atoms with van der Waals surface area (Å²) in [5.74, 6) is -0.961. The largest absolute Gasteiger partial charge is 0.381 e. The van der Waals surface area contributed by atoms with Crippen molar-refractivity contribution in [2.45, 2.75) is 57.4 Å². The maximum atomic E-state index is 13.3. The van der Waals surface area contributed by atoms with Gasteiger partial charge in [-0.1, -0.05) is 25.7 Å². The van der Waals surface area contributed by atoms with Gasteiger partial charge < -0.3 is 20.3 Å². The Morgan fingerprint density at radius 3 is 2.52 bits per heavy atom. The molecule has 2 heterocycles. The summed E-state index contributed by atoms with van der Waals surface area (Å²) in [6, 6.07) is -0.603. The second-order valence-corrected chi connectivity index (χ2v) is 8.82. The van der Waals surface area contributed by atoms with Crippen LogP contribution in [0.25, 0.3) is 0 Å². The Labute approximate surface area is 182 Å². The van der Waals surface area contributed by atoms with Crippen molar-refractivity contribution < 1.29 is 29.1 Å². The summed E-state index contributed by atoms with van der Waals surface area (Å²) in [7, 11) is 0. The highest BCUT2D eigenvalue weighted by Gasteiger charge is 2.38. The second kappa shape index (κ2) is 11.4. The van der Waals surface area contributed by atoms with Crippen molar-refractivity contribution in [1.82, 2.24) is 20.6 Å². The van der Waals surface area contributed by atoms with Crippen LogP contribution in [0.4, 0.5) is 0 Å². The molecule has 10 heteroatoms. The number of hydroxylamine groups is 2. The van der Waals surface area contributed by atoms with Crippen LogP contribution >= 0.6 is 0 Å². The van der Waals surface area contributed by atoms with Gasteiger partial charge in [0.1, 0.15) is 6.04 Å². The highest BCUT2D eigenvalue weighted by Crippen LogP contribution is 2.32. The zero-order chi connectivity index (χ0) is 22.2. The average Bonchev–Trinajstić information content (AvgIpc) is 3.54. The van der Waals surface area contributed by atoms with Gasteiger partial charge in [-0.15, -0.1) is 0 Å². The number of likely N-dealkylation sites (tertiary alicyclic amines) is 1. The molecule has 3 rings (SSSR count). The molecule has 3 aliphatic rings. The van der Waals surface area contributed by atoms with E-state index in [-0.39, 0.29) is 36.9 Å². The Balaban J connectivity index is 1.54. The van der Waals surface area contributed by atoms with Gasteiger partial charge in [-0.05, 0) is 31.6 Å². The molecule has 3 atom stereocenters. The van der Waals surface area contributed by atoms with Crippen LogP contribution < -0.4 is 10.6 Å². The van der Waals surface area contributed by atoms with Crippen molar-refractivity contribution in [3.05, 3.63) is 0 Å². The highest BCUT2D eigenvalue weighted by molar-refractivity contribution is 5.89. The van der Waals surface area contributed by atoms with Gasteiger partial charge in [0.05, 0.1) is 31.7 Å². The van der Waals surface area contributed by atoms with Crippen molar-refractivity contribution in [3.8, 4) is 0 Å². The first-order valence-electron chi connectivity index (χ1n) is 11.3. The third-order valence-electron chi connectivity index (χ3n) is 6.64. The Morgan fingerprint density at radius 2 is 1.84 bits per heavy atom. The zero-order valence-electron chi connectivity index (χ0n) is 18.0. The number of hydrogen-bond donors (Lipinski definition) is 3. The molecular formula is C21H34N4O6. The molecule has 1 saturated carbocycles. The molecule has 0 spiro atoms. The lowest BCUT2D eigenvalue weighted by molar-refractivity contribution is -0.158. The fourth-order valence-corrected chi connectivity index (χ4v) is 4.93. The molecule has 174 valence electrons. The molecule has 2 aliphatic heterocycles. The topological polar surface area (TPSA) is 128 Å². The van der Waals surface area contributed by atoms with Crippen molar-refractivity contribution in [1.29, 1.82) is 0 Å². The maximum absolute atomic E-state index is 13.3. The van der Waals surface area contributed by atoms with Crippen molar-refractivity contribution in [2.75, 3.05) is 33.0 Å². The van der Waals surface area contributed by atoms with Crippen molar-refractivity contribution in [3.63, 3.8) is 0 Å². The van der Waals surface area contributed by atoms with Gasteiger partial charge in [-0.25, -0.2) is 5.06 Å². The summed E-state index contributed by atoms with van der Waals surface area (Å²) in [5, 5.41) is 15.6. The Bertz CT molecular complexity index is 648. The normalized spacial score (nSPS) is 24.7. The van der Waals surface area contributed by atoms with Crippen LogP contribution in [0.1, 0.15) is 51.4 Å². The van der Waals surface area contributed by atoms with Gasteiger partial charge in [0.25, 0.3) is 0 Å².